The molecule has 214 valence electrons. The van der Waals surface area contributed by atoms with Crippen molar-refractivity contribution in [1.29, 1.82) is 0 Å². The average molecular weight is 591 g/mol. The van der Waals surface area contributed by atoms with Gasteiger partial charge in [-0.15, -0.1) is 0 Å². The van der Waals surface area contributed by atoms with Crippen LogP contribution < -0.4 is 0 Å². The number of hydrogen-bond acceptors (Lipinski definition) is 3. The van der Waals surface area contributed by atoms with E-state index in [9.17, 15) is 27.9 Å². The van der Waals surface area contributed by atoms with Gasteiger partial charge in [0.25, 0.3) is 0 Å². The molecule has 0 aliphatic rings. The smallest absolute Gasteiger partial charge is 0.416 e. The molecule has 0 amide bonds. The number of aromatic nitrogens is 2. The van der Waals surface area contributed by atoms with Crippen LogP contribution >= 0.6 is 11.6 Å². The Morgan fingerprint density at radius 1 is 0.929 bits per heavy atom. The predicted molar refractivity (Wildman–Crippen MR) is 157 cm³/mol. The number of ketones is 1. The number of hydrogen-bond donors (Lipinski definition) is 2. The highest BCUT2D eigenvalue weighted by molar-refractivity contribution is 6.31. The molecule has 0 unspecified atom stereocenters. The zero-order chi connectivity index (χ0) is 30.0. The highest BCUT2D eigenvalue weighted by Crippen LogP contribution is 2.38. The Labute approximate surface area is 245 Å². The van der Waals surface area contributed by atoms with Gasteiger partial charge in [0.15, 0.2) is 5.78 Å². The summed E-state index contributed by atoms with van der Waals surface area (Å²) >= 11 is 6.31. The minimum atomic E-state index is -4.52. The number of nitrogens with one attached hydrogen (secondary N) is 1. The largest absolute Gasteiger partial charge is 0.478 e. The van der Waals surface area contributed by atoms with Crippen LogP contribution in [0.1, 0.15) is 63.9 Å². The molecule has 5 rings (SSSR count). The molecule has 0 radical (unpaired) electrons. The Morgan fingerprint density at radius 2 is 1.67 bits per heavy atom. The van der Waals surface area contributed by atoms with Crippen LogP contribution in [0.3, 0.4) is 0 Å². The van der Waals surface area contributed by atoms with Crippen LogP contribution in [-0.4, -0.2) is 26.8 Å². The monoisotopic (exact) mass is 590 g/mol. The van der Waals surface area contributed by atoms with Gasteiger partial charge in [-0.25, -0.2) is 9.78 Å². The number of halogens is 4. The molecule has 0 saturated carbocycles. The zero-order valence-corrected chi connectivity index (χ0v) is 23.3. The summed E-state index contributed by atoms with van der Waals surface area (Å²) in [7, 11) is 0. The lowest BCUT2D eigenvalue weighted by Crippen LogP contribution is -2.10. The summed E-state index contributed by atoms with van der Waals surface area (Å²) in [6, 6.07) is 22.3. The number of carboxylic acid groups (broad SMARTS) is 1. The van der Waals surface area contributed by atoms with E-state index in [2.05, 4.69) is 16.9 Å². The van der Waals surface area contributed by atoms with E-state index in [0.717, 1.165) is 30.5 Å². The lowest BCUT2D eigenvalue weighted by atomic mass is 9.87. The van der Waals surface area contributed by atoms with Crippen molar-refractivity contribution >= 4 is 34.4 Å². The quantitative estimate of drug-likeness (QED) is 0.167. The Bertz CT molecular complexity index is 1780. The minimum absolute atomic E-state index is 0.00198. The second kappa shape index (κ2) is 11.8. The first kappa shape index (κ1) is 29.1. The normalized spacial score (nSPS) is 12.4. The molecular weight excluding hydrogens is 565 g/mol. The number of nitrogens with zero attached hydrogens (tertiary/aromatic N) is 1. The van der Waals surface area contributed by atoms with E-state index >= 15 is 0 Å². The van der Waals surface area contributed by atoms with Crippen LogP contribution in [-0.2, 0) is 6.18 Å². The fraction of sp³-hybridized carbons (Fsp3) is 0.182. The van der Waals surface area contributed by atoms with Gasteiger partial charge < -0.3 is 10.1 Å². The van der Waals surface area contributed by atoms with Gasteiger partial charge in [0, 0.05) is 22.6 Å². The van der Waals surface area contributed by atoms with Gasteiger partial charge >= 0.3 is 12.1 Å². The number of aromatic carboxylic acids is 1. The molecule has 0 spiro atoms. The molecule has 0 saturated heterocycles. The standard InChI is InChI=1S/C33H26ClF3N2O3/c1-2-6-20(19-7-4-3-5-8-19)16-30(40)21-9-12-24(27(15-21)32(41)42)26-18-23(34)11-13-25(26)31-38-28-14-10-22(33(35,36)37)17-29(28)39-31/h3-5,7-15,17-18,20H,2,6,16H2,1H3,(H,38,39)(H,41,42)/t20-/m0/s1. The van der Waals surface area contributed by atoms with Crippen molar-refractivity contribution in [2.45, 2.75) is 38.3 Å². The van der Waals surface area contributed by atoms with E-state index in [0.29, 0.717) is 27.2 Å². The van der Waals surface area contributed by atoms with Gasteiger partial charge in [0.1, 0.15) is 5.82 Å². The third kappa shape index (κ3) is 6.09. The number of imidazole rings is 1. The fourth-order valence-electron chi connectivity index (χ4n) is 5.19. The number of carbonyl (C=O) groups excluding carboxylic acids is 1. The summed E-state index contributed by atoms with van der Waals surface area (Å²) in [5, 5.41) is 10.5. The van der Waals surface area contributed by atoms with Gasteiger partial charge in [-0.05, 0) is 71.5 Å². The van der Waals surface area contributed by atoms with Gasteiger partial charge in [-0.1, -0.05) is 67.4 Å². The van der Waals surface area contributed by atoms with Crippen molar-refractivity contribution in [3.8, 4) is 22.5 Å². The first-order valence-electron chi connectivity index (χ1n) is 13.4. The zero-order valence-electron chi connectivity index (χ0n) is 22.5. The second-order valence-corrected chi connectivity index (χ2v) is 10.5. The van der Waals surface area contributed by atoms with Crippen molar-refractivity contribution in [3.63, 3.8) is 0 Å². The van der Waals surface area contributed by atoms with Crippen LogP contribution in [0.5, 0.6) is 0 Å². The maximum absolute atomic E-state index is 13.4. The third-order valence-electron chi connectivity index (χ3n) is 7.25. The molecule has 42 heavy (non-hydrogen) atoms. The number of carboxylic acids is 1. The molecule has 9 heteroatoms. The number of fused-ring (bicyclic) bond motifs is 1. The summed E-state index contributed by atoms with van der Waals surface area (Å²) < 4.78 is 39.8. The average Bonchev–Trinajstić information content (AvgIpc) is 3.40. The molecule has 0 fully saturated rings. The van der Waals surface area contributed by atoms with E-state index in [-0.39, 0.29) is 40.6 Å². The van der Waals surface area contributed by atoms with Crippen molar-refractivity contribution in [2.75, 3.05) is 0 Å². The topological polar surface area (TPSA) is 83.0 Å². The fourth-order valence-corrected chi connectivity index (χ4v) is 5.36. The SMILES string of the molecule is CCC[C@@H](CC(=O)c1ccc(-c2cc(Cl)ccc2-c2nc3ccc(C(F)(F)F)cc3[nH]2)c(C(=O)O)c1)c1ccccc1. The summed E-state index contributed by atoms with van der Waals surface area (Å²) in [5.41, 5.74) is 2.05. The second-order valence-electron chi connectivity index (χ2n) is 10.1. The molecule has 1 aromatic heterocycles. The summed E-state index contributed by atoms with van der Waals surface area (Å²) in [4.78, 5) is 33.2. The van der Waals surface area contributed by atoms with Gasteiger partial charge in [-0.2, -0.15) is 13.2 Å². The molecule has 1 heterocycles. The van der Waals surface area contributed by atoms with Gasteiger partial charge in [0.05, 0.1) is 22.2 Å². The first-order chi connectivity index (χ1) is 20.0. The van der Waals surface area contributed by atoms with Crippen LogP contribution in [0.25, 0.3) is 33.5 Å². The van der Waals surface area contributed by atoms with E-state index in [4.69, 9.17) is 11.6 Å². The van der Waals surface area contributed by atoms with E-state index in [1.54, 1.807) is 30.3 Å². The van der Waals surface area contributed by atoms with Gasteiger partial charge in [0.2, 0.25) is 0 Å². The van der Waals surface area contributed by atoms with Crippen molar-refractivity contribution in [3.05, 3.63) is 112 Å². The summed E-state index contributed by atoms with van der Waals surface area (Å²) in [6.45, 7) is 2.05. The maximum atomic E-state index is 13.4. The first-order valence-corrected chi connectivity index (χ1v) is 13.8. The number of alkyl halides is 3. The number of rotatable bonds is 9. The molecule has 5 aromatic rings. The minimum Gasteiger partial charge on any atom is -0.478 e. The Hall–Kier alpha value is -4.43. The molecule has 4 aromatic carbocycles. The molecule has 0 bridgehead atoms. The number of benzene rings is 4. The lowest BCUT2D eigenvalue weighted by Gasteiger charge is -2.17. The molecule has 0 aliphatic carbocycles. The number of Topliss-reactive ketones (excluding diaryl/α,β-unsaturated/α-hetero) is 1. The number of H-pyrrole nitrogens is 1. The predicted octanol–water partition coefficient (Wildman–Crippen LogP) is 9.42. The van der Waals surface area contributed by atoms with Crippen LogP contribution in [0.4, 0.5) is 13.2 Å². The highest BCUT2D eigenvalue weighted by Gasteiger charge is 2.31. The molecule has 5 nitrogen and oxygen atoms in total. The van der Waals surface area contributed by atoms with Crippen LogP contribution in [0.2, 0.25) is 5.02 Å². The molecule has 2 N–H and O–H groups in total. The third-order valence-corrected chi connectivity index (χ3v) is 7.48. The number of carbonyl (C=O) groups is 2. The maximum Gasteiger partial charge on any atom is 0.416 e. The van der Waals surface area contributed by atoms with Gasteiger partial charge in [-0.3, -0.25) is 4.79 Å². The lowest BCUT2D eigenvalue weighted by molar-refractivity contribution is -0.137. The van der Waals surface area contributed by atoms with Crippen LogP contribution in [0.15, 0.2) is 84.9 Å². The summed E-state index contributed by atoms with van der Waals surface area (Å²) in [5.74, 6) is -1.16. The van der Waals surface area contributed by atoms with Crippen LogP contribution in [0, 0.1) is 0 Å². The van der Waals surface area contributed by atoms with E-state index < -0.39 is 17.7 Å². The highest BCUT2D eigenvalue weighted by atomic mass is 35.5. The Balaban J connectivity index is 1.54. The molecule has 0 aliphatic heterocycles. The van der Waals surface area contributed by atoms with Crippen molar-refractivity contribution in [2.24, 2.45) is 0 Å². The van der Waals surface area contributed by atoms with E-state index in [1.807, 2.05) is 30.3 Å². The summed E-state index contributed by atoms with van der Waals surface area (Å²) in [6.07, 6.45) is -2.58. The molecular formula is C33H26ClF3N2O3. The Morgan fingerprint density at radius 3 is 2.36 bits per heavy atom. The van der Waals surface area contributed by atoms with Crippen molar-refractivity contribution in [1.82, 2.24) is 9.97 Å². The van der Waals surface area contributed by atoms with Crippen molar-refractivity contribution < 1.29 is 27.9 Å². The van der Waals surface area contributed by atoms with E-state index in [1.165, 1.54) is 12.1 Å². The number of aromatic amines is 1. The molecule has 1 atom stereocenters. The Kier molecular flexibility index (Phi) is 8.18.